The van der Waals surface area contributed by atoms with E-state index in [-0.39, 0.29) is 22.2 Å². The Balaban J connectivity index is 0.000000204. The highest BCUT2D eigenvalue weighted by molar-refractivity contribution is 6.37. The monoisotopic (exact) mass is 319 g/mol. The van der Waals surface area contributed by atoms with Gasteiger partial charge in [0.2, 0.25) is 11.8 Å². The maximum atomic E-state index is 10.3. The average molecular weight is 320 g/mol. The zero-order valence-electron chi connectivity index (χ0n) is 10.1. The molecule has 0 radical (unpaired) electrons. The maximum absolute atomic E-state index is 10.3. The third kappa shape index (κ3) is 4.69. The van der Waals surface area contributed by atoms with E-state index in [1.165, 1.54) is 0 Å². The van der Waals surface area contributed by atoms with E-state index in [0.717, 1.165) is 5.56 Å². The van der Waals surface area contributed by atoms with Crippen LogP contribution < -0.4 is 16.4 Å². The molecule has 1 aliphatic rings. The lowest BCUT2D eigenvalue weighted by Crippen LogP contribution is -2.49. The molecule has 5 N–H and O–H groups in total. The number of hydrogen-bond acceptors (Lipinski definition) is 5. The van der Waals surface area contributed by atoms with Gasteiger partial charge in [0, 0.05) is 6.54 Å². The van der Waals surface area contributed by atoms with Gasteiger partial charge in [-0.05, 0) is 17.7 Å². The molecule has 1 aromatic carbocycles. The number of phenols is 1. The highest BCUT2D eigenvalue weighted by Crippen LogP contribution is 2.32. The zero-order chi connectivity index (χ0) is 15.3. The summed E-state index contributed by atoms with van der Waals surface area (Å²) in [7, 11) is 0. The molecule has 0 bridgehead atoms. The molecule has 1 fully saturated rings. The number of halogens is 2. The van der Waals surface area contributed by atoms with E-state index < -0.39 is 17.8 Å². The minimum atomic E-state index is -0.740. The summed E-state index contributed by atoms with van der Waals surface area (Å²) < 4.78 is 0. The fourth-order valence-electron chi connectivity index (χ4n) is 1.25. The van der Waals surface area contributed by atoms with Crippen molar-refractivity contribution in [2.75, 3.05) is 0 Å². The van der Waals surface area contributed by atoms with Gasteiger partial charge in [0.05, 0.1) is 10.0 Å². The number of carbonyl (C=O) groups excluding carboxylic acids is 3. The van der Waals surface area contributed by atoms with Crippen molar-refractivity contribution in [2.45, 2.75) is 13.0 Å². The molecule has 7 nitrogen and oxygen atoms in total. The Morgan fingerprint density at radius 2 is 1.55 bits per heavy atom. The Labute approximate surface area is 124 Å². The molecule has 4 amide bonds. The van der Waals surface area contributed by atoms with Crippen LogP contribution in [0.2, 0.25) is 10.0 Å². The molecule has 0 atom stereocenters. The number of barbiturate groups is 1. The standard InChI is InChI=1S/C7H7Cl2NO.C4H4N2O3/c8-5-1-4(3-10)2-6(9)7(5)11;7-2-1-3(8)6-4(9)5-2/h1-2,11H,3,10H2;1H2,(H2,5,6,7,8,9). The molecule has 1 heterocycles. The minimum Gasteiger partial charge on any atom is -0.505 e. The molecule has 108 valence electrons. The summed E-state index contributed by atoms with van der Waals surface area (Å²) in [4.78, 5) is 30.8. The number of urea groups is 1. The van der Waals surface area contributed by atoms with Crippen molar-refractivity contribution < 1.29 is 19.5 Å². The van der Waals surface area contributed by atoms with E-state index in [1.54, 1.807) is 12.1 Å². The number of carbonyl (C=O) groups is 3. The number of nitrogens with one attached hydrogen (secondary N) is 2. The smallest absolute Gasteiger partial charge is 0.328 e. The van der Waals surface area contributed by atoms with Crippen LogP contribution in [0.3, 0.4) is 0 Å². The number of amides is 4. The number of imide groups is 2. The predicted octanol–water partition coefficient (Wildman–Crippen LogP) is 0.900. The summed E-state index contributed by atoms with van der Waals surface area (Å²) in [5.74, 6) is -1.20. The van der Waals surface area contributed by atoms with Gasteiger partial charge >= 0.3 is 6.03 Å². The summed E-state index contributed by atoms with van der Waals surface area (Å²) in [5, 5.41) is 13.4. The molecule has 1 aromatic rings. The van der Waals surface area contributed by atoms with E-state index in [9.17, 15) is 14.4 Å². The predicted molar refractivity (Wildman–Crippen MR) is 72.3 cm³/mol. The van der Waals surface area contributed by atoms with Gasteiger partial charge in [-0.2, -0.15) is 0 Å². The first-order chi connectivity index (χ1) is 9.33. The van der Waals surface area contributed by atoms with Crippen LogP contribution in [-0.2, 0) is 16.1 Å². The van der Waals surface area contributed by atoms with Gasteiger partial charge in [-0.15, -0.1) is 0 Å². The van der Waals surface area contributed by atoms with Gasteiger partial charge < -0.3 is 10.8 Å². The van der Waals surface area contributed by atoms with Crippen molar-refractivity contribution in [1.82, 2.24) is 10.6 Å². The molecule has 20 heavy (non-hydrogen) atoms. The Bertz CT molecular complexity index is 494. The summed E-state index contributed by atoms with van der Waals surface area (Å²) in [6.45, 7) is 0.361. The summed E-state index contributed by atoms with van der Waals surface area (Å²) in [5.41, 5.74) is 6.14. The second kappa shape index (κ2) is 7.09. The van der Waals surface area contributed by atoms with E-state index in [2.05, 4.69) is 0 Å². The molecule has 1 saturated heterocycles. The average Bonchev–Trinajstić information content (AvgIpc) is 2.34. The van der Waals surface area contributed by atoms with E-state index in [1.807, 2.05) is 10.6 Å². The first-order valence-corrected chi connectivity index (χ1v) is 6.09. The molecule has 0 saturated carbocycles. The van der Waals surface area contributed by atoms with Crippen LogP contribution in [0, 0.1) is 0 Å². The van der Waals surface area contributed by atoms with Crippen LogP contribution in [0.15, 0.2) is 12.1 Å². The van der Waals surface area contributed by atoms with Crippen LogP contribution in [0.25, 0.3) is 0 Å². The highest BCUT2D eigenvalue weighted by Gasteiger charge is 2.20. The van der Waals surface area contributed by atoms with Crippen LogP contribution in [0.4, 0.5) is 4.79 Å². The Morgan fingerprint density at radius 3 is 1.90 bits per heavy atom. The van der Waals surface area contributed by atoms with Crippen molar-refractivity contribution >= 4 is 41.0 Å². The third-order valence-corrected chi connectivity index (χ3v) is 2.72. The van der Waals surface area contributed by atoms with Gasteiger partial charge in [0.1, 0.15) is 6.42 Å². The number of nitrogens with two attached hydrogens (primary N) is 1. The lowest BCUT2D eigenvalue weighted by molar-refractivity contribution is -0.129. The van der Waals surface area contributed by atoms with Gasteiger partial charge in [-0.3, -0.25) is 20.2 Å². The molecular formula is C11H11Cl2N3O4. The van der Waals surface area contributed by atoms with Gasteiger partial charge in [-0.1, -0.05) is 23.2 Å². The number of benzene rings is 1. The second-order valence-corrected chi connectivity index (χ2v) is 4.53. The summed E-state index contributed by atoms with van der Waals surface area (Å²) in [6, 6.07) is 2.43. The first-order valence-electron chi connectivity index (χ1n) is 5.34. The lowest BCUT2D eigenvalue weighted by Gasteiger charge is -2.09. The molecule has 9 heteroatoms. The number of rotatable bonds is 1. The fraction of sp³-hybridized carbons (Fsp3) is 0.182. The number of hydrogen-bond donors (Lipinski definition) is 4. The molecule has 0 spiro atoms. The minimum absolute atomic E-state index is 0.0921. The van der Waals surface area contributed by atoms with Crippen molar-refractivity contribution in [2.24, 2.45) is 5.73 Å². The summed E-state index contributed by atoms with van der Waals surface area (Å²) >= 11 is 11.2. The van der Waals surface area contributed by atoms with Gasteiger partial charge in [-0.25, -0.2) is 4.79 Å². The molecular weight excluding hydrogens is 309 g/mol. The SMILES string of the molecule is NCc1cc(Cl)c(O)c(Cl)c1.O=C1CC(=O)NC(=O)N1. The van der Waals surface area contributed by atoms with Crippen LogP contribution in [-0.4, -0.2) is 23.0 Å². The van der Waals surface area contributed by atoms with E-state index in [4.69, 9.17) is 34.0 Å². The molecule has 0 aliphatic carbocycles. The summed E-state index contributed by atoms with van der Waals surface area (Å²) in [6.07, 6.45) is -0.258. The van der Waals surface area contributed by atoms with Crippen molar-refractivity contribution in [3.05, 3.63) is 27.7 Å². The Morgan fingerprint density at radius 1 is 1.10 bits per heavy atom. The molecule has 1 aliphatic heterocycles. The second-order valence-electron chi connectivity index (χ2n) is 3.71. The number of phenolic OH excluding ortho intramolecular Hbond substituents is 1. The van der Waals surface area contributed by atoms with Gasteiger partial charge in [0.15, 0.2) is 5.75 Å². The van der Waals surface area contributed by atoms with E-state index >= 15 is 0 Å². The Kier molecular flexibility index (Phi) is 5.75. The lowest BCUT2D eigenvalue weighted by atomic mass is 10.2. The Hall–Kier alpha value is -1.83. The fourth-order valence-corrected chi connectivity index (χ4v) is 1.79. The highest BCUT2D eigenvalue weighted by atomic mass is 35.5. The normalized spacial score (nSPS) is 14.1. The first kappa shape index (κ1) is 16.2. The van der Waals surface area contributed by atoms with Crippen LogP contribution in [0.5, 0.6) is 5.75 Å². The van der Waals surface area contributed by atoms with Crippen LogP contribution >= 0.6 is 23.2 Å². The zero-order valence-corrected chi connectivity index (χ0v) is 11.6. The van der Waals surface area contributed by atoms with Crippen LogP contribution in [0.1, 0.15) is 12.0 Å². The van der Waals surface area contributed by atoms with Crippen molar-refractivity contribution in [3.63, 3.8) is 0 Å². The van der Waals surface area contributed by atoms with Gasteiger partial charge in [0.25, 0.3) is 0 Å². The molecule has 2 rings (SSSR count). The quantitative estimate of drug-likeness (QED) is 0.573. The van der Waals surface area contributed by atoms with Crippen molar-refractivity contribution in [1.29, 1.82) is 0 Å². The maximum Gasteiger partial charge on any atom is 0.328 e. The number of aromatic hydroxyl groups is 1. The molecule has 0 aromatic heterocycles. The largest absolute Gasteiger partial charge is 0.505 e. The van der Waals surface area contributed by atoms with E-state index in [0.29, 0.717) is 6.54 Å². The van der Waals surface area contributed by atoms with Crippen molar-refractivity contribution in [3.8, 4) is 5.75 Å². The third-order valence-electron chi connectivity index (χ3n) is 2.14. The topological polar surface area (TPSA) is 122 Å². The molecule has 0 unspecified atom stereocenters.